The fourth-order valence-electron chi connectivity index (χ4n) is 2.90. The van der Waals surface area contributed by atoms with Crippen molar-refractivity contribution < 1.29 is 4.79 Å². The number of carbonyl (C=O) groups excluding carboxylic acids is 1. The van der Waals surface area contributed by atoms with Crippen LogP contribution in [0, 0.1) is 0 Å². The van der Waals surface area contributed by atoms with Gasteiger partial charge in [0.25, 0.3) is 0 Å². The minimum absolute atomic E-state index is 0.376. The molecule has 0 atom stereocenters. The predicted octanol–water partition coefficient (Wildman–Crippen LogP) is 5.03. The van der Waals surface area contributed by atoms with Crippen LogP contribution < -0.4 is 0 Å². The predicted molar refractivity (Wildman–Crippen MR) is 84.7 cm³/mol. The first-order valence-electron chi connectivity index (χ1n) is 7.59. The van der Waals surface area contributed by atoms with Gasteiger partial charge in [-0.3, -0.25) is 4.79 Å². The second-order valence-electron chi connectivity index (χ2n) is 5.83. The van der Waals surface area contributed by atoms with Crippen molar-refractivity contribution >= 4 is 5.78 Å². The van der Waals surface area contributed by atoms with Gasteiger partial charge in [-0.05, 0) is 56.6 Å². The van der Waals surface area contributed by atoms with Crippen molar-refractivity contribution in [3.63, 3.8) is 0 Å². The van der Waals surface area contributed by atoms with Crippen molar-refractivity contribution in [3.05, 3.63) is 59.2 Å². The third-order valence-corrected chi connectivity index (χ3v) is 3.92. The first-order chi connectivity index (χ1) is 9.66. The summed E-state index contributed by atoms with van der Waals surface area (Å²) in [5.74, 6) is 0.376. The number of benzene rings is 1. The number of hydrogen-bond acceptors (Lipinski definition) is 1. The number of carbonyl (C=O) groups is 1. The van der Waals surface area contributed by atoms with Crippen LogP contribution in [0.2, 0.25) is 0 Å². The summed E-state index contributed by atoms with van der Waals surface area (Å²) in [5.41, 5.74) is 4.93. The average Bonchev–Trinajstić information content (AvgIpc) is 2.45. The molecular formula is C19H24O. The highest BCUT2D eigenvalue weighted by Gasteiger charge is 2.19. The number of allylic oxidation sites excluding steroid dienone is 3. The maximum atomic E-state index is 12.1. The van der Waals surface area contributed by atoms with E-state index in [9.17, 15) is 4.79 Å². The summed E-state index contributed by atoms with van der Waals surface area (Å²) >= 11 is 0. The molecule has 0 aromatic heterocycles. The Hall–Kier alpha value is -1.63. The molecule has 20 heavy (non-hydrogen) atoms. The summed E-state index contributed by atoms with van der Waals surface area (Å²) in [6.07, 6.45) is 6.80. The van der Waals surface area contributed by atoms with Crippen LogP contribution in [-0.4, -0.2) is 5.78 Å². The summed E-state index contributed by atoms with van der Waals surface area (Å²) in [6, 6.07) is 10.5. The summed E-state index contributed by atoms with van der Waals surface area (Å²) in [4.78, 5) is 12.1. The number of hydrogen-bond donors (Lipinski definition) is 0. The lowest BCUT2D eigenvalue weighted by Crippen LogP contribution is -2.12. The van der Waals surface area contributed by atoms with Gasteiger partial charge in [-0.25, -0.2) is 0 Å². The molecule has 1 saturated carbocycles. The van der Waals surface area contributed by atoms with Crippen LogP contribution >= 0.6 is 0 Å². The summed E-state index contributed by atoms with van der Waals surface area (Å²) in [7, 11) is 0. The lowest BCUT2D eigenvalue weighted by molar-refractivity contribution is -0.116. The molecule has 0 aliphatic heterocycles. The quantitative estimate of drug-likeness (QED) is 0.541. The molecule has 0 unspecified atom stereocenters. The monoisotopic (exact) mass is 268 g/mol. The molecule has 2 rings (SSSR count). The van der Waals surface area contributed by atoms with Gasteiger partial charge in [0.15, 0.2) is 5.78 Å². The van der Waals surface area contributed by atoms with Crippen molar-refractivity contribution in [3.8, 4) is 0 Å². The molecule has 0 amide bonds. The van der Waals surface area contributed by atoms with E-state index in [1.165, 1.54) is 11.1 Å². The van der Waals surface area contributed by atoms with Crippen molar-refractivity contribution in [1.29, 1.82) is 0 Å². The summed E-state index contributed by atoms with van der Waals surface area (Å²) in [5, 5.41) is 0. The van der Waals surface area contributed by atoms with Gasteiger partial charge in [0.2, 0.25) is 0 Å². The van der Waals surface area contributed by atoms with E-state index in [0.717, 1.165) is 56.1 Å². The van der Waals surface area contributed by atoms with E-state index in [2.05, 4.69) is 37.8 Å². The summed E-state index contributed by atoms with van der Waals surface area (Å²) < 4.78 is 0. The van der Waals surface area contributed by atoms with E-state index in [0.29, 0.717) is 5.78 Å². The van der Waals surface area contributed by atoms with Crippen LogP contribution in [-0.2, 0) is 11.2 Å². The van der Waals surface area contributed by atoms with Crippen LogP contribution in [0.15, 0.2) is 53.6 Å². The highest BCUT2D eigenvalue weighted by Crippen LogP contribution is 2.28. The van der Waals surface area contributed by atoms with Crippen molar-refractivity contribution in [2.45, 2.75) is 51.9 Å². The van der Waals surface area contributed by atoms with E-state index in [4.69, 9.17) is 0 Å². The van der Waals surface area contributed by atoms with Gasteiger partial charge < -0.3 is 0 Å². The molecule has 1 aromatic rings. The van der Waals surface area contributed by atoms with Crippen LogP contribution in [0.4, 0.5) is 0 Å². The van der Waals surface area contributed by atoms with E-state index < -0.39 is 0 Å². The lowest BCUT2D eigenvalue weighted by atomic mass is 9.85. The fraction of sp³-hybridized carbons (Fsp3) is 0.421. The van der Waals surface area contributed by atoms with E-state index in [-0.39, 0.29) is 0 Å². The van der Waals surface area contributed by atoms with E-state index >= 15 is 0 Å². The largest absolute Gasteiger partial charge is 0.295 e. The standard InChI is InChI=1S/C19H24O/c1-15(2)14-17(18-10-6-7-11-19(18)20)13-12-16-8-4-3-5-9-16/h3-5,8-9H,1,6-7,10-14H2,2H3/b18-17-. The Morgan fingerprint density at radius 3 is 2.50 bits per heavy atom. The highest BCUT2D eigenvalue weighted by atomic mass is 16.1. The SMILES string of the molecule is C=C(C)C/C(CCc1ccccc1)=C1/CCCCC1=O. The molecular weight excluding hydrogens is 244 g/mol. The topological polar surface area (TPSA) is 17.1 Å². The highest BCUT2D eigenvalue weighted by molar-refractivity contribution is 5.96. The summed E-state index contributed by atoms with van der Waals surface area (Å²) in [6.45, 7) is 6.08. The van der Waals surface area contributed by atoms with Gasteiger partial charge in [0.1, 0.15) is 0 Å². The van der Waals surface area contributed by atoms with Crippen LogP contribution in [0.1, 0.15) is 51.0 Å². The third kappa shape index (κ3) is 4.19. The molecule has 106 valence electrons. The van der Waals surface area contributed by atoms with Crippen LogP contribution in [0.25, 0.3) is 0 Å². The molecule has 1 aromatic carbocycles. The number of rotatable bonds is 5. The lowest BCUT2D eigenvalue weighted by Gasteiger charge is -2.19. The van der Waals surface area contributed by atoms with E-state index in [1.807, 2.05) is 6.07 Å². The molecule has 0 heterocycles. The minimum Gasteiger partial charge on any atom is -0.295 e. The Bertz CT molecular complexity index is 508. The van der Waals surface area contributed by atoms with Crippen molar-refractivity contribution in [2.75, 3.05) is 0 Å². The van der Waals surface area contributed by atoms with Crippen LogP contribution in [0.3, 0.4) is 0 Å². The molecule has 1 aliphatic rings. The minimum atomic E-state index is 0.376. The first-order valence-corrected chi connectivity index (χ1v) is 7.59. The van der Waals surface area contributed by atoms with Gasteiger partial charge in [-0.2, -0.15) is 0 Å². The number of Topliss-reactive ketones (excluding diaryl/α,β-unsaturated/α-hetero) is 1. The molecule has 1 aliphatic carbocycles. The maximum Gasteiger partial charge on any atom is 0.158 e. The first kappa shape index (κ1) is 14.8. The van der Waals surface area contributed by atoms with Crippen LogP contribution in [0.5, 0.6) is 0 Å². The Balaban J connectivity index is 2.13. The maximum absolute atomic E-state index is 12.1. The second-order valence-corrected chi connectivity index (χ2v) is 5.83. The van der Waals surface area contributed by atoms with Gasteiger partial charge >= 0.3 is 0 Å². The zero-order chi connectivity index (χ0) is 14.4. The Morgan fingerprint density at radius 1 is 1.15 bits per heavy atom. The molecule has 1 nitrogen and oxygen atoms in total. The van der Waals surface area contributed by atoms with Gasteiger partial charge in [0, 0.05) is 6.42 Å². The van der Waals surface area contributed by atoms with Gasteiger partial charge in [0.05, 0.1) is 0 Å². The van der Waals surface area contributed by atoms with Gasteiger partial charge in [-0.15, -0.1) is 0 Å². The molecule has 1 fully saturated rings. The average molecular weight is 268 g/mol. The zero-order valence-electron chi connectivity index (χ0n) is 12.5. The smallest absolute Gasteiger partial charge is 0.158 e. The van der Waals surface area contributed by atoms with E-state index in [1.54, 1.807) is 0 Å². The Kier molecular flexibility index (Phi) is 5.34. The van der Waals surface area contributed by atoms with Crippen molar-refractivity contribution in [1.82, 2.24) is 0 Å². The Labute approximate surface area is 122 Å². The van der Waals surface area contributed by atoms with Crippen molar-refractivity contribution in [2.24, 2.45) is 0 Å². The molecule has 1 heteroatoms. The zero-order valence-corrected chi connectivity index (χ0v) is 12.5. The molecule has 0 N–H and O–H groups in total. The second kappa shape index (κ2) is 7.23. The van der Waals surface area contributed by atoms with Gasteiger partial charge in [-0.1, -0.05) is 48.1 Å². The molecule has 0 saturated heterocycles. The third-order valence-electron chi connectivity index (χ3n) is 3.92. The fourth-order valence-corrected chi connectivity index (χ4v) is 2.90. The molecule has 0 spiro atoms. The normalized spacial score (nSPS) is 17.9. The number of aryl methyl sites for hydroxylation is 1. The molecule has 0 radical (unpaired) electrons. The molecule has 0 bridgehead atoms. The Morgan fingerprint density at radius 2 is 1.85 bits per heavy atom. The number of ketones is 1.